The van der Waals surface area contributed by atoms with E-state index in [2.05, 4.69) is 55.1 Å². The van der Waals surface area contributed by atoms with Gasteiger partial charge in [-0.1, -0.05) is 39.8 Å². The Hall–Kier alpha value is -4.17. The van der Waals surface area contributed by atoms with E-state index in [1.165, 1.54) is 4.90 Å². The molecule has 2 amide bonds. The quantitative estimate of drug-likeness (QED) is 0.237. The number of H-pyrrole nitrogens is 1. The molecule has 8 heteroatoms. The molecule has 3 N–H and O–H groups in total. The van der Waals surface area contributed by atoms with Crippen LogP contribution < -0.4 is 20.5 Å². The van der Waals surface area contributed by atoms with E-state index in [9.17, 15) is 14.7 Å². The van der Waals surface area contributed by atoms with Crippen LogP contribution in [0.3, 0.4) is 0 Å². The number of fused-ring (bicyclic) bond motifs is 1. The van der Waals surface area contributed by atoms with Crippen LogP contribution in [-0.2, 0) is 0 Å². The van der Waals surface area contributed by atoms with E-state index in [4.69, 9.17) is 4.74 Å². The van der Waals surface area contributed by atoms with Gasteiger partial charge < -0.3 is 20.1 Å². The van der Waals surface area contributed by atoms with E-state index in [-0.39, 0.29) is 30.7 Å². The Morgan fingerprint density at radius 1 is 1.03 bits per heavy atom. The van der Waals surface area contributed by atoms with Gasteiger partial charge in [0.25, 0.3) is 5.56 Å². The van der Waals surface area contributed by atoms with Gasteiger partial charge in [0.15, 0.2) is 0 Å². The second-order valence-electron chi connectivity index (χ2n) is 10.2. The molecule has 0 bridgehead atoms. The molecule has 39 heavy (non-hydrogen) atoms. The Labute approximate surface area is 228 Å². The summed E-state index contributed by atoms with van der Waals surface area (Å²) in [4.78, 5) is 35.2. The van der Waals surface area contributed by atoms with Gasteiger partial charge in [0.1, 0.15) is 17.1 Å². The van der Waals surface area contributed by atoms with Gasteiger partial charge in [-0.15, -0.1) is 0 Å². The first-order valence-electron chi connectivity index (χ1n) is 13.2. The number of pyridine rings is 2. The lowest BCUT2D eigenvalue weighted by Gasteiger charge is -2.26. The highest BCUT2D eigenvalue weighted by Gasteiger charge is 2.24. The number of aromatic amines is 1. The third kappa shape index (κ3) is 6.12. The molecule has 0 aliphatic rings. The number of ether oxygens (including phenoxy) is 1. The number of benzene rings is 2. The number of carbonyl (C=O) groups excluding carboxylic acids is 1. The van der Waals surface area contributed by atoms with Crippen molar-refractivity contribution in [1.82, 2.24) is 9.97 Å². The molecule has 4 aromatic rings. The topological polar surface area (TPSA) is 108 Å². The molecular weight excluding hydrogens is 492 g/mol. The highest BCUT2D eigenvalue weighted by Crippen LogP contribution is 2.38. The molecule has 0 saturated carbocycles. The van der Waals surface area contributed by atoms with Crippen LogP contribution in [0.15, 0.2) is 65.6 Å². The first-order chi connectivity index (χ1) is 18.7. The predicted molar refractivity (Wildman–Crippen MR) is 157 cm³/mol. The minimum atomic E-state index is -0.435. The number of rotatable bonds is 9. The summed E-state index contributed by atoms with van der Waals surface area (Å²) in [6.45, 7) is 8.43. The molecule has 0 radical (unpaired) electrons. The van der Waals surface area contributed by atoms with Crippen molar-refractivity contribution in [2.24, 2.45) is 0 Å². The summed E-state index contributed by atoms with van der Waals surface area (Å²) in [5.74, 6) is 1.01. The van der Waals surface area contributed by atoms with E-state index < -0.39 is 11.6 Å². The normalized spacial score (nSPS) is 11.3. The summed E-state index contributed by atoms with van der Waals surface area (Å²) in [5, 5.41) is 13.4. The number of hydrogen-bond donors (Lipinski definition) is 3. The molecule has 204 valence electrons. The summed E-state index contributed by atoms with van der Waals surface area (Å²) >= 11 is 0. The number of methoxy groups -OCH3 is 1. The zero-order valence-corrected chi connectivity index (χ0v) is 23.1. The Morgan fingerprint density at radius 3 is 2.38 bits per heavy atom. The van der Waals surface area contributed by atoms with Crippen molar-refractivity contribution in [2.45, 2.75) is 46.0 Å². The van der Waals surface area contributed by atoms with Crippen LogP contribution in [0, 0.1) is 0 Å². The molecule has 0 aliphatic heterocycles. The average molecular weight is 529 g/mol. The van der Waals surface area contributed by atoms with Gasteiger partial charge in [-0.3, -0.25) is 9.69 Å². The van der Waals surface area contributed by atoms with Crippen LogP contribution >= 0.6 is 0 Å². The molecule has 2 aromatic heterocycles. The molecule has 0 saturated heterocycles. The number of carbonyl (C=O) groups is 1. The van der Waals surface area contributed by atoms with Crippen molar-refractivity contribution < 1.29 is 14.6 Å². The fourth-order valence-corrected chi connectivity index (χ4v) is 4.67. The van der Waals surface area contributed by atoms with E-state index >= 15 is 0 Å². The van der Waals surface area contributed by atoms with Crippen molar-refractivity contribution in [3.05, 3.63) is 82.3 Å². The molecule has 2 heterocycles. The van der Waals surface area contributed by atoms with E-state index in [1.807, 2.05) is 30.3 Å². The van der Waals surface area contributed by atoms with Gasteiger partial charge in [-0.2, -0.15) is 0 Å². The van der Waals surface area contributed by atoms with E-state index in [1.54, 1.807) is 25.4 Å². The molecule has 0 spiro atoms. The van der Waals surface area contributed by atoms with Gasteiger partial charge in [0.2, 0.25) is 0 Å². The average Bonchev–Trinajstić information content (AvgIpc) is 2.93. The van der Waals surface area contributed by atoms with Crippen LogP contribution in [0.4, 0.5) is 16.2 Å². The number of anilines is 2. The number of aromatic nitrogens is 2. The number of nitrogens with one attached hydrogen (secondary N) is 2. The lowest BCUT2D eigenvalue weighted by molar-refractivity contribution is 0.254. The van der Waals surface area contributed by atoms with Gasteiger partial charge in [0, 0.05) is 30.4 Å². The fourth-order valence-electron chi connectivity index (χ4n) is 4.67. The summed E-state index contributed by atoms with van der Waals surface area (Å²) < 4.78 is 5.43. The Balaban J connectivity index is 1.79. The van der Waals surface area contributed by atoms with E-state index in [0.717, 1.165) is 33.7 Å². The Bertz CT molecular complexity index is 1500. The lowest BCUT2D eigenvalue weighted by atomic mass is 9.88. The first kappa shape index (κ1) is 27.9. The molecule has 0 aliphatic carbocycles. The minimum absolute atomic E-state index is 0.111. The predicted octanol–water partition coefficient (Wildman–Crippen LogP) is 6.27. The number of aliphatic hydroxyl groups is 1. The number of urea groups is 1. The molecule has 0 fully saturated rings. The monoisotopic (exact) mass is 528 g/mol. The Morgan fingerprint density at radius 2 is 1.74 bits per heavy atom. The lowest BCUT2D eigenvalue weighted by Crippen LogP contribution is -2.39. The molecular formula is C31H36N4O4. The SMILES string of the molecule is COc1cccc(-c2cc(C(C)C)c(NC(=O)N(CCCO)c3cc4cccnc4[nH]c3=O)c(C(C)C)c2)c1. The summed E-state index contributed by atoms with van der Waals surface area (Å²) in [7, 11) is 1.65. The maximum absolute atomic E-state index is 13.8. The minimum Gasteiger partial charge on any atom is -0.497 e. The third-order valence-electron chi connectivity index (χ3n) is 6.75. The fraction of sp³-hybridized carbons (Fsp3) is 0.323. The van der Waals surface area contributed by atoms with Crippen LogP contribution in [0.1, 0.15) is 57.1 Å². The Kier molecular flexibility index (Phi) is 8.66. The van der Waals surface area contributed by atoms with Crippen LogP contribution in [-0.4, -0.2) is 41.4 Å². The summed E-state index contributed by atoms with van der Waals surface area (Å²) in [6.07, 6.45) is 1.92. The van der Waals surface area contributed by atoms with Crippen molar-refractivity contribution in [2.75, 3.05) is 30.5 Å². The first-order valence-corrected chi connectivity index (χ1v) is 13.2. The molecule has 0 atom stereocenters. The molecule has 2 aromatic carbocycles. The van der Waals surface area contributed by atoms with Crippen molar-refractivity contribution in [1.29, 1.82) is 0 Å². The van der Waals surface area contributed by atoms with Gasteiger partial charge in [-0.05, 0) is 83.0 Å². The van der Waals surface area contributed by atoms with Crippen molar-refractivity contribution in [3.63, 3.8) is 0 Å². The number of nitrogens with zero attached hydrogens (tertiary/aromatic N) is 2. The van der Waals surface area contributed by atoms with Gasteiger partial charge in [0.05, 0.1) is 7.11 Å². The number of amides is 2. The standard InChI is InChI=1S/C31H36N4O4/c1-19(2)25-16-23(21-9-6-11-24(15-21)39-5)17-26(20(3)4)28(25)33-31(38)35(13-8-14-36)27-18-22-10-7-12-32-29(22)34-30(27)37/h6-7,9-12,15-20,36H,8,13-14H2,1-5H3,(H,33,38)(H,32,34,37). The van der Waals surface area contributed by atoms with Gasteiger partial charge in [-0.25, -0.2) is 9.78 Å². The van der Waals surface area contributed by atoms with Crippen molar-refractivity contribution >= 4 is 28.4 Å². The summed E-state index contributed by atoms with van der Waals surface area (Å²) in [6, 6.07) is 17.0. The summed E-state index contributed by atoms with van der Waals surface area (Å²) in [5.41, 5.74) is 5.02. The smallest absolute Gasteiger partial charge is 0.326 e. The highest BCUT2D eigenvalue weighted by atomic mass is 16.5. The van der Waals surface area contributed by atoms with Crippen LogP contribution in [0.2, 0.25) is 0 Å². The zero-order valence-electron chi connectivity index (χ0n) is 23.1. The largest absolute Gasteiger partial charge is 0.497 e. The van der Waals surface area contributed by atoms with Crippen LogP contribution in [0.25, 0.3) is 22.2 Å². The second kappa shape index (κ2) is 12.1. The molecule has 8 nitrogen and oxygen atoms in total. The molecule has 0 unspecified atom stereocenters. The molecule has 4 rings (SSSR count). The number of aliphatic hydroxyl groups excluding tert-OH is 1. The second-order valence-corrected chi connectivity index (χ2v) is 10.2. The van der Waals surface area contributed by atoms with Crippen molar-refractivity contribution in [3.8, 4) is 16.9 Å². The highest BCUT2D eigenvalue weighted by molar-refractivity contribution is 6.03. The van der Waals surface area contributed by atoms with Gasteiger partial charge >= 0.3 is 6.03 Å². The zero-order chi connectivity index (χ0) is 28.1. The number of hydrogen-bond acceptors (Lipinski definition) is 5. The van der Waals surface area contributed by atoms with Crippen LogP contribution in [0.5, 0.6) is 5.75 Å². The maximum Gasteiger partial charge on any atom is 0.326 e. The third-order valence-corrected chi connectivity index (χ3v) is 6.75. The maximum atomic E-state index is 13.8. The van der Waals surface area contributed by atoms with E-state index in [0.29, 0.717) is 17.5 Å².